The second-order valence-electron chi connectivity index (χ2n) is 4.65. The molecule has 0 aromatic carbocycles. The van der Waals surface area contributed by atoms with E-state index in [1.54, 1.807) is 11.3 Å². The van der Waals surface area contributed by atoms with E-state index in [1.165, 1.54) is 9.18 Å². The van der Waals surface area contributed by atoms with Crippen LogP contribution >= 0.6 is 11.3 Å². The van der Waals surface area contributed by atoms with Crippen LogP contribution in [0.25, 0.3) is 0 Å². The fourth-order valence-corrected chi connectivity index (χ4v) is 4.11. The standard InChI is InChI=1S/C12H18N2O3S2/c1-19(16,17)14-8-2-5-11(14)12(15)13-7-6-10-4-3-9-18-10/h3-4,9,11H,2,5-8H2,1H3,(H,13,15). The lowest BCUT2D eigenvalue weighted by atomic mass is 10.2. The molecule has 1 aromatic rings. The maximum absolute atomic E-state index is 12.0. The van der Waals surface area contributed by atoms with Gasteiger partial charge in [0.2, 0.25) is 15.9 Å². The molecule has 1 saturated heterocycles. The molecule has 1 aliphatic heterocycles. The Labute approximate surface area is 117 Å². The molecule has 1 atom stereocenters. The van der Waals surface area contributed by atoms with Crippen molar-refractivity contribution in [2.24, 2.45) is 0 Å². The first kappa shape index (κ1) is 14.5. The predicted octanol–water partition coefficient (Wildman–Crippen LogP) is 0.831. The third-order valence-electron chi connectivity index (χ3n) is 3.18. The van der Waals surface area contributed by atoms with Gasteiger partial charge < -0.3 is 5.32 Å². The molecule has 1 fully saturated rings. The fourth-order valence-electron chi connectivity index (χ4n) is 2.28. The van der Waals surface area contributed by atoms with Crippen LogP contribution in [-0.2, 0) is 21.2 Å². The second-order valence-corrected chi connectivity index (χ2v) is 7.62. The third-order valence-corrected chi connectivity index (χ3v) is 5.41. The number of thiophene rings is 1. The molecule has 0 bridgehead atoms. The largest absolute Gasteiger partial charge is 0.354 e. The monoisotopic (exact) mass is 302 g/mol. The molecule has 1 amide bonds. The van der Waals surface area contributed by atoms with Crippen molar-refractivity contribution < 1.29 is 13.2 Å². The van der Waals surface area contributed by atoms with E-state index in [-0.39, 0.29) is 5.91 Å². The van der Waals surface area contributed by atoms with E-state index in [4.69, 9.17) is 0 Å². The average Bonchev–Trinajstić information content (AvgIpc) is 2.98. The smallest absolute Gasteiger partial charge is 0.238 e. The Morgan fingerprint density at radius 1 is 1.58 bits per heavy atom. The van der Waals surface area contributed by atoms with E-state index < -0.39 is 16.1 Å². The van der Waals surface area contributed by atoms with Crippen molar-refractivity contribution in [1.82, 2.24) is 9.62 Å². The van der Waals surface area contributed by atoms with Crippen molar-refractivity contribution in [2.75, 3.05) is 19.3 Å². The van der Waals surface area contributed by atoms with E-state index in [9.17, 15) is 13.2 Å². The Balaban J connectivity index is 1.85. The van der Waals surface area contributed by atoms with Crippen LogP contribution in [-0.4, -0.2) is 44.0 Å². The number of carbonyl (C=O) groups excluding carboxylic acids is 1. The minimum Gasteiger partial charge on any atom is -0.354 e. The van der Waals surface area contributed by atoms with Gasteiger partial charge in [0.1, 0.15) is 6.04 Å². The van der Waals surface area contributed by atoms with Gasteiger partial charge in [0, 0.05) is 18.0 Å². The maximum Gasteiger partial charge on any atom is 0.238 e. The Bertz CT molecular complexity index is 525. The van der Waals surface area contributed by atoms with Crippen molar-refractivity contribution in [3.8, 4) is 0 Å². The highest BCUT2D eigenvalue weighted by Crippen LogP contribution is 2.20. The molecule has 7 heteroatoms. The second kappa shape index (κ2) is 6.02. The van der Waals surface area contributed by atoms with E-state index in [1.807, 2.05) is 17.5 Å². The molecule has 2 heterocycles. The summed E-state index contributed by atoms with van der Waals surface area (Å²) in [7, 11) is -3.29. The van der Waals surface area contributed by atoms with Crippen molar-refractivity contribution in [3.63, 3.8) is 0 Å². The molecule has 1 aliphatic rings. The molecule has 19 heavy (non-hydrogen) atoms. The topological polar surface area (TPSA) is 66.5 Å². The van der Waals surface area contributed by atoms with E-state index in [0.29, 0.717) is 19.5 Å². The number of hydrogen-bond acceptors (Lipinski definition) is 4. The van der Waals surface area contributed by atoms with Gasteiger partial charge in [0.05, 0.1) is 6.26 Å². The highest BCUT2D eigenvalue weighted by molar-refractivity contribution is 7.88. The molecule has 0 spiro atoms. The summed E-state index contributed by atoms with van der Waals surface area (Å²) in [6.07, 6.45) is 3.30. The van der Waals surface area contributed by atoms with Crippen molar-refractivity contribution in [1.29, 1.82) is 0 Å². The van der Waals surface area contributed by atoms with Crippen LogP contribution in [0.2, 0.25) is 0 Å². The summed E-state index contributed by atoms with van der Waals surface area (Å²) in [5.74, 6) is -0.181. The zero-order valence-corrected chi connectivity index (χ0v) is 12.5. The molecule has 1 aromatic heterocycles. The number of amides is 1. The quantitative estimate of drug-likeness (QED) is 0.876. The summed E-state index contributed by atoms with van der Waals surface area (Å²) in [5.41, 5.74) is 0. The van der Waals surface area contributed by atoms with Crippen LogP contribution in [0, 0.1) is 0 Å². The van der Waals surface area contributed by atoms with Crippen LogP contribution in [0.1, 0.15) is 17.7 Å². The minimum atomic E-state index is -3.29. The van der Waals surface area contributed by atoms with Crippen LogP contribution in [0.15, 0.2) is 17.5 Å². The number of nitrogens with one attached hydrogen (secondary N) is 1. The van der Waals surface area contributed by atoms with Crippen molar-refractivity contribution >= 4 is 27.3 Å². The van der Waals surface area contributed by atoms with Gasteiger partial charge >= 0.3 is 0 Å². The third kappa shape index (κ3) is 3.77. The van der Waals surface area contributed by atoms with Crippen molar-refractivity contribution in [2.45, 2.75) is 25.3 Å². The first-order valence-corrected chi connectivity index (χ1v) is 8.98. The van der Waals surface area contributed by atoms with Gasteiger partial charge in [-0.05, 0) is 30.7 Å². The number of nitrogens with zero attached hydrogens (tertiary/aromatic N) is 1. The highest BCUT2D eigenvalue weighted by Gasteiger charge is 2.36. The zero-order valence-electron chi connectivity index (χ0n) is 10.8. The predicted molar refractivity (Wildman–Crippen MR) is 75.6 cm³/mol. The molecular formula is C12H18N2O3S2. The molecule has 1 N–H and O–H groups in total. The lowest BCUT2D eigenvalue weighted by molar-refractivity contribution is -0.124. The normalized spacial score (nSPS) is 20.6. The zero-order chi connectivity index (χ0) is 13.9. The SMILES string of the molecule is CS(=O)(=O)N1CCCC1C(=O)NCCc1cccs1. The summed E-state index contributed by atoms with van der Waals surface area (Å²) >= 11 is 1.65. The first-order valence-electron chi connectivity index (χ1n) is 6.25. The molecular weight excluding hydrogens is 284 g/mol. The van der Waals surface area contributed by atoms with Gasteiger partial charge in [-0.15, -0.1) is 11.3 Å². The number of rotatable bonds is 5. The fraction of sp³-hybridized carbons (Fsp3) is 0.583. The van der Waals surface area contributed by atoms with Crippen LogP contribution in [0.3, 0.4) is 0 Å². The van der Waals surface area contributed by atoms with Gasteiger partial charge in [-0.1, -0.05) is 6.07 Å². The summed E-state index contributed by atoms with van der Waals surface area (Å²) in [5, 5.41) is 4.83. The van der Waals surface area contributed by atoms with Gasteiger partial charge in [0.15, 0.2) is 0 Å². The Morgan fingerprint density at radius 2 is 2.37 bits per heavy atom. The summed E-state index contributed by atoms with van der Waals surface area (Å²) in [6.45, 7) is 0.995. The molecule has 0 radical (unpaired) electrons. The van der Waals surface area contributed by atoms with Gasteiger partial charge in [-0.2, -0.15) is 4.31 Å². The molecule has 2 rings (SSSR count). The Kier molecular flexibility index (Phi) is 4.59. The maximum atomic E-state index is 12.0. The minimum absolute atomic E-state index is 0.181. The number of sulfonamides is 1. The Hall–Kier alpha value is -0.920. The Morgan fingerprint density at radius 3 is 3.00 bits per heavy atom. The lowest BCUT2D eigenvalue weighted by Crippen LogP contribution is -2.45. The lowest BCUT2D eigenvalue weighted by Gasteiger charge is -2.21. The summed E-state index contributed by atoms with van der Waals surface area (Å²) in [4.78, 5) is 13.2. The molecule has 1 unspecified atom stereocenters. The van der Waals surface area contributed by atoms with Gasteiger partial charge in [0.25, 0.3) is 0 Å². The summed E-state index contributed by atoms with van der Waals surface area (Å²) < 4.78 is 24.4. The van der Waals surface area contributed by atoms with E-state index in [0.717, 1.165) is 19.1 Å². The van der Waals surface area contributed by atoms with E-state index in [2.05, 4.69) is 5.32 Å². The first-order chi connectivity index (χ1) is 8.98. The van der Waals surface area contributed by atoms with Gasteiger partial charge in [-0.3, -0.25) is 4.79 Å². The molecule has 0 saturated carbocycles. The molecule has 5 nitrogen and oxygen atoms in total. The van der Waals surface area contributed by atoms with Crippen LogP contribution < -0.4 is 5.32 Å². The highest BCUT2D eigenvalue weighted by atomic mass is 32.2. The molecule has 0 aliphatic carbocycles. The van der Waals surface area contributed by atoms with Crippen molar-refractivity contribution in [3.05, 3.63) is 22.4 Å². The van der Waals surface area contributed by atoms with E-state index >= 15 is 0 Å². The van der Waals surface area contributed by atoms with Gasteiger partial charge in [-0.25, -0.2) is 8.42 Å². The molecule has 106 valence electrons. The van der Waals surface area contributed by atoms with Crippen LogP contribution in [0.4, 0.5) is 0 Å². The number of carbonyl (C=O) groups is 1. The van der Waals surface area contributed by atoms with Crippen LogP contribution in [0.5, 0.6) is 0 Å². The summed E-state index contributed by atoms with van der Waals surface area (Å²) in [6, 6.07) is 3.47. The average molecular weight is 302 g/mol. The number of hydrogen-bond donors (Lipinski definition) is 1.